The fourth-order valence-electron chi connectivity index (χ4n) is 2.49. The highest BCUT2D eigenvalue weighted by Gasteiger charge is 2.14. The SMILES string of the molecule is CCCc1nnc(SCc2ccc(Br)cc2)n1/N=C\c1ccccc1[N+](=O)[O-]. The van der Waals surface area contributed by atoms with Gasteiger partial charge >= 0.3 is 0 Å². The molecule has 0 saturated heterocycles. The van der Waals surface area contributed by atoms with Crippen LogP contribution in [0, 0.1) is 10.1 Å². The quantitative estimate of drug-likeness (QED) is 0.203. The van der Waals surface area contributed by atoms with E-state index >= 15 is 0 Å². The van der Waals surface area contributed by atoms with Gasteiger partial charge in [-0.25, -0.2) is 0 Å². The lowest BCUT2D eigenvalue weighted by Gasteiger charge is -2.04. The van der Waals surface area contributed by atoms with Crippen LogP contribution in [-0.2, 0) is 12.2 Å². The number of aromatic nitrogens is 3. The van der Waals surface area contributed by atoms with Crippen molar-refractivity contribution in [1.82, 2.24) is 14.9 Å². The second kappa shape index (κ2) is 9.61. The average molecular weight is 460 g/mol. The van der Waals surface area contributed by atoms with Crippen molar-refractivity contribution in [2.24, 2.45) is 5.10 Å². The lowest BCUT2D eigenvalue weighted by molar-refractivity contribution is -0.385. The van der Waals surface area contributed by atoms with Gasteiger partial charge in [0.05, 0.1) is 16.7 Å². The Hall–Kier alpha value is -2.52. The number of nitro groups is 1. The monoisotopic (exact) mass is 459 g/mol. The lowest BCUT2D eigenvalue weighted by atomic mass is 10.2. The van der Waals surface area contributed by atoms with Gasteiger partial charge in [-0.3, -0.25) is 10.1 Å². The molecule has 0 saturated carbocycles. The minimum Gasteiger partial charge on any atom is -0.258 e. The first-order valence-electron chi connectivity index (χ1n) is 8.67. The van der Waals surface area contributed by atoms with Crippen molar-refractivity contribution >= 4 is 39.6 Å². The number of halogens is 1. The number of benzene rings is 2. The number of aryl methyl sites for hydroxylation is 1. The molecule has 28 heavy (non-hydrogen) atoms. The van der Waals surface area contributed by atoms with E-state index in [1.807, 2.05) is 24.3 Å². The van der Waals surface area contributed by atoms with Crippen LogP contribution >= 0.6 is 27.7 Å². The van der Waals surface area contributed by atoms with Crippen LogP contribution in [0.4, 0.5) is 5.69 Å². The minimum atomic E-state index is -0.413. The fourth-order valence-corrected chi connectivity index (χ4v) is 3.62. The van der Waals surface area contributed by atoms with Gasteiger partial charge in [0.1, 0.15) is 0 Å². The summed E-state index contributed by atoms with van der Waals surface area (Å²) in [4.78, 5) is 10.8. The maximum absolute atomic E-state index is 11.2. The highest BCUT2D eigenvalue weighted by molar-refractivity contribution is 9.10. The molecule has 144 valence electrons. The van der Waals surface area contributed by atoms with E-state index < -0.39 is 4.92 Å². The van der Waals surface area contributed by atoms with Gasteiger partial charge in [-0.15, -0.1) is 10.2 Å². The molecule has 0 unspecified atom stereocenters. The van der Waals surface area contributed by atoms with Crippen LogP contribution in [0.5, 0.6) is 0 Å². The zero-order valence-electron chi connectivity index (χ0n) is 15.2. The van der Waals surface area contributed by atoms with Gasteiger partial charge in [-0.2, -0.15) is 9.78 Å². The third-order valence-corrected chi connectivity index (χ3v) is 5.40. The second-order valence-corrected chi connectivity index (χ2v) is 7.79. The number of nitrogens with zero attached hydrogens (tertiary/aromatic N) is 5. The van der Waals surface area contributed by atoms with Crippen molar-refractivity contribution in [1.29, 1.82) is 0 Å². The second-order valence-electron chi connectivity index (χ2n) is 5.94. The average Bonchev–Trinajstić information content (AvgIpc) is 3.08. The first-order chi connectivity index (χ1) is 13.6. The zero-order chi connectivity index (χ0) is 19.9. The lowest BCUT2D eigenvalue weighted by Crippen LogP contribution is -2.01. The number of para-hydroxylation sites is 1. The Kier molecular flexibility index (Phi) is 6.94. The van der Waals surface area contributed by atoms with Gasteiger partial charge in [0, 0.05) is 22.7 Å². The molecule has 0 bridgehead atoms. The van der Waals surface area contributed by atoms with Gasteiger partial charge in [0.2, 0.25) is 5.16 Å². The van der Waals surface area contributed by atoms with Crippen LogP contribution < -0.4 is 0 Å². The largest absolute Gasteiger partial charge is 0.278 e. The summed E-state index contributed by atoms with van der Waals surface area (Å²) in [7, 11) is 0. The number of thioether (sulfide) groups is 1. The molecule has 0 aliphatic carbocycles. The molecular formula is C19H18BrN5O2S. The van der Waals surface area contributed by atoms with E-state index in [-0.39, 0.29) is 5.69 Å². The molecule has 0 fully saturated rings. The van der Waals surface area contributed by atoms with Crippen molar-refractivity contribution in [3.05, 3.63) is 80.1 Å². The molecule has 0 aliphatic heterocycles. The molecule has 0 aliphatic rings. The van der Waals surface area contributed by atoms with Crippen molar-refractivity contribution < 1.29 is 4.92 Å². The summed E-state index contributed by atoms with van der Waals surface area (Å²) in [6.45, 7) is 2.05. The Bertz CT molecular complexity index is 988. The number of hydrogen-bond donors (Lipinski definition) is 0. The highest BCUT2D eigenvalue weighted by atomic mass is 79.9. The van der Waals surface area contributed by atoms with Crippen LogP contribution in [0.15, 0.2) is 63.3 Å². The summed E-state index contributed by atoms with van der Waals surface area (Å²) < 4.78 is 2.70. The summed E-state index contributed by atoms with van der Waals surface area (Å²) in [6.07, 6.45) is 3.11. The summed E-state index contributed by atoms with van der Waals surface area (Å²) in [5.74, 6) is 1.45. The normalized spacial score (nSPS) is 11.2. The number of nitro benzene ring substituents is 1. The molecular weight excluding hydrogens is 442 g/mol. The Morgan fingerprint density at radius 1 is 1.21 bits per heavy atom. The van der Waals surface area contributed by atoms with E-state index in [1.165, 1.54) is 24.0 Å². The van der Waals surface area contributed by atoms with E-state index in [0.717, 1.165) is 34.5 Å². The van der Waals surface area contributed by atoms with Crippen molar-refractivity contribution in [3.63, 3.8) is 0 Å². The van der Waals surface area contributed by atoms with Gasteiger partial charge in [0.25, 0.3) is 5.69 Å². The summed E-state index contributed by atoms with van der Waals surface area (Å²) in [5.41, 5.74) is 1.61. The smallest absolute Gasteiger partial charge is 0.258 e. The number of hydrogen-bond acceptors (Lipinski definition) is 6. The summed E-state index contributed by atoms with van der Waals surface area (Å²) in [5, 5.41) is 24.8. The molecule has 0 N–H and O–H groups in total. The molecule has 7 nitrogen and oxygen atoms in total. The van der Waals surface area contributed by atoms with Crippen LogP contribution in [0.3, 0.4) is 0 Å². The van der Waals surface area contributed by atoms with Gasteiger partial charge in [-0.1, -0.05) is 58.9 Å². The summed E-state index contributed by atoms with van der Waals surface area (Å²) >= 11 is 4.96. The molecule has 2 aromatic carbocycles. The third-order valence-electron chi connectivity index (χ3n) is 3.88. The Morgan fingerprint density at radius 3 is 2.68 bits per heavy atom. The predicted octanol–water partition coefficient (Wildman–Crippen LogP) is 5.08. The molecule has 3 rings (SSSR count). The van der Waals surface area contributed by atoms with Crippen molar-refractivity contribution in [3.8, 4) is 0 Å². The van der Waals surface area contributed by atoms with Gasteiger partial charge in [0.15, 0.2) is 5.82 Å². The topological polar surface area (TPSA) is 86.2 Å². The molecule has 9 heteroatoms. The molecule has 0 amide bonds. The standard InChI is InChI=1S/C19H18BrN5O2S/c1-2-5-18-22-23-19(28-13-14-8-10-16(20)11-9-14)24(18)21-12-15-6-3-4-7-17(15)25(26)27/h3-4,6-12H,2,5,13H2,1H3/b21-12-. The maximum Gasteiger partial charge on any atom is 0.278 e. The van der Waals surface area contributed by atoms with Gasteiger partial charge in [-0.05, 0) is 30.2 Å². The minimum absolute atomic E-state index is 0.0143. The van der Waals surface area contributed by atoms with Crippen LogP contribution in [0.2, 0.25) is 0 Å². The van der Waals surface area contributed by atoms with E-state index in [1.54, 1.807) is 22.9 Å². The molecule has 3 aromatic rings. The van der Waals surface area contributed by atoms with E-state index in [0.29, 0.717) is 10.7 Å². The van der Waals surface area contributed by atoms with Crippen LogP contribution in [0.25, 0.3) is 0 Å². The summed E-state index contributed by atoms with van der Waals surface area (Å²) in [6, 6.07) is 14.6. The maximum atomic E-state index is 11.2. The van der Waals surface area contributed by atoms with Crippen LogP contribution in [-0.4, -0.2) is 26.0 Å². The Labute approximate surface area is 175 Å². The first kappa shape index (κ1) is 20.2. The van der Waals surface area contributed by atoms with Gasteiger partial charge < -0.3 is 0 Å². The van der Waals surface area contributed by atoms with Crippen LogP contribution in [0.1, 0.15) is 30.3 Å². The first-order valence-corrected chi connectivity index (χ1v) is 10.5. The van der Waals surface area contributed by atoms with E-state index in [4.69, 9.17) is 0 Å². The fraction of sp³-hybridized carbons (Fsp3) is 0.211. The molecule has 0 spiro atoms. The zero-order valence-corrected chi connectivity index (χ0v) is 17.6. The third kappa shape index (κ3) is 5.05. The Balaban J connectivity index is 1.85. The number of rotatable bonds is 8. The van der Waals surface area contributed by atoms with Crippen molar-refractivity contribution in [2.75, 3.05) is 0 Å². The predicted molar refractivity (Wildman–Crippen MR) is 114 cm³/mol. The molecule has 1 heterocycles. The molecule has 0 atom stereocenters. The van der Waals surface area contributed by atoms with E-state index in [9.17, 15) is 10.1 Å². The van der Waals surface area contributed by atoms with E-state index in [2.05, 4.69) is 38.2 Å². The molecule has 0 radical (unpaired) electrons. The van der Waals surface area contributed by atoms with Crippen molar-refractivity contribution in [2.45, 2.75) is 30.7 Å². The Morgan fingerprint density at radius 2 is 1.96 bits per heavy atom. The highest BCUT2D eigenvalue weighted by Crippen LogP contribution is 2.24. The molecule has 1 aromatic heterocycles.